The van der Waals surface area contributed by atoms with Gasteiger partial charge in [-0.1, -0.05) is 63.2 Å². The van der Waals surface area contributed by atoms with Gasteiger partial charge in [0.2, 0.25) is 0 Å². The van der Waals surface area contributed by atoms with Gasteiger partial charge in [-0.3, -0.25) is 0 Å². The van der Waals surface area contributed by atoms with E-state index in [0.29, 0.717) is 23.2 Å². The van der Waals surface area contributed by atoms with Crippen LogP contribution in [-0.4, -0.2) is 17.7 Å². The van der Waals surface area contributed by atoms with E-state index in [1.807, 2.05) is 42.5 Å². The van der Waals surface area contributed by atoms with Gasteiger partial charge in [0.1, 0.15) is 0 Å². The highest BCUT2D eigenvalue weighted by Crippen LogP contribution is 2.40. The third-order valence-corrected chi connectivity index (χ3v) is 5.86. The molecule has 1 aliphatic heterocycles. The zero-order valence-corrected chi connectivity index (χ0v) is 17.7. The molecule has 0 saturated carbocycles. The van der Waals surface area contributed by atoms with Crippen molar-refractivity contribution in [1.82, 2.24) is 0 Å². The summed E-state index contributed by atoms with van der Waals surface area (Å²) in [5.41, 5.74) is 6.22. The van der Waals surface area contributed by atoms with Crippen molar-refractivity contribution in [2.45, 2.75) is 39.2 Å². The van der Waals surface area contributed by atoms with E-state index >= 15 is 0 Å². The Bertz CT molecular complexity index is 1030. The van der Waals surface area contributed by atoms with Crippen LogP contribution in [0.1, 0.15) is 49.3 Å². The fourth-order valence-corrected chi connectivity index (χ4v) is 4.22. The van der Waals surface area contributed by atoms with Crippen molar-refractivity contribution in [3.8, 4) is 0 Å². The lowest BCUT2D eigenvalue weighted by Crippen LogP contribution is -2.23. The molecule has 0 radical (unpaired) electrons. The molecule has 0 saturated heterocycles. The molecule has 4 nitrogen and oxygen atoms in total. The van der Waals surface area contributed by atoms with Crippen molar-refractivity contribution in [2.24, 2.45) is 0 Å². The molecule has 0 bridgehead atoms. The molecule has 4 rings (SSSR count). The summed E-state index contributed by atoms with van der Waals surface area (Å²) in [7, 11) is 0. The van der Waals surface area contributed by atoms with Gasteiger partial charge < -0.3 is 10.0 Å². The Kier molecular flexibility index (Phi) is 5.49. The van der Waals surface area contributed by atoms with Crippen LogP contribution in [0.25, 0.3) is 0 Å². The number of hydrogen-bond donors (Lipinski definition) is 1. The molecule has 0 fully saturated rings. The van der Waals surface area contributed by atoms with Crippen LogP contribution in [0.15, 0.2) is 72.8 Å². The average Bonchev–Trinajstić information content (AvgIpc) is 3.04. The minimum absolute atomic E-state index is 0.350. The molecular formula is C26H28N2O2. The number of amides is 1. The Morgan fingerprint density at radius 2 is 1.70 bits per heavy atom. The Labute approximate surface area is 178 Å². The van der Waals surface area contributed by atoms with Crippen LogP contribution in [-0.2, 0) is 6.54 Å². The molecule has 1 atom stereocenters. The molecule has 0 aromatic heterocycles. The molecule has 1 heterocycles. The van der Waals surface area contributed by atoms with Crippen LogP contribution in [0.3, 0.4) is 0 Å². The van der Waals surface area contributed by atoms with Gasteiger partial charge in [-0.15, -0.1) is 0 Å². The molecule has 1 N–H and O–H groups in total. The monoisotopic (exact) mass is 400 g/mol. The molecular weight excluding hydrogens is 372 g/mol. The van der Waals surface area contributed by atoms with E-state index in [4.69, 9.17) is 0 Å². The first kappa shape index (κ1) is 20.0. The molecule has 30 heavy (non-hydrogen) atoms. The van der Waals surface area contributed by atoms with Gasteiger partial charge in [0.05, 0.1) is 11.4 Å². The fourth-order valence-electron chi connectivity index (χ4n) is 4.22. The second kappa shape index (κ2) is 8.23. The molecule has 3 aromatic rings. The summed E-state index contributed by atoms with van der Waals surface area (Å²) in [6.45, 7) is 8.26. The topological polar surface area (TPSA) is 43.8 Å². The van der Waals surface area contributed by atoms with Crippen molar-refractivity contribution in [1.29, 1.82) is 0 Å². The summed E-state index contributed by atoms with van der Waals surface area (Å²) in [6, 6.07) is 24.3. The summed E-state index contributed by atoms with van der Waals surface area (Å²) in [5, 5.41) is 9.94. The number of anilines is 3. The number of benzene rings is 3. The lowest BCUT2D eigenvalue weighted by molar-refractivity contribution is 0.205. The van der Waals surface area contributed by atoms with E-state index in [1.165, 1.54) is 27.3 Å². The predicted molar refractivity (Wildman–Crippen MR) is 123 cm³/mol. The molecule has 154 valence electrons. The van der Waals surface area contributed by atoms with E-state index in [9.17, 15) is 9.90 Å². The van der Waals surface area contributed by atoms with Gasteiger partial charge in [0.25, 0.3) is 0 Å². The maximum absolute atomic E-state index is 12.1. The molecule has 0 spiro atoms. The number of rotatable bonds is 5. The number of fused-ring (bicyclic) bond motifs is 1. The number of carboxylic acid groups (broad SMARTS) is 1. The van der Waals surface area contributed by atoms with Crippen LogP contribution >= 0.6 is 0 Å². The number of hydrogen-bond acceptors (Lipinski definition) is 2. The quantitative estimate of drug-likeness (QED) is 0.515. The van der Waals surface area contributed by atoms with E-state index in [-0.39, 0.29) is 0 Å². The summed E-state index contributed by atoms with van der Waals surface area (Å²) >= 11 is 0. The first-order chi connectivity index (χ1) is 14.4. The Morgan fingerprint density at radius 3 is 2.33 bits per heavy atom. The van der Waals surface area contributed by atoms with Crippen molar-refractivity contribution >= 4 is 23.2 Å². The van der Waals surface area contributed by atoms with Gasteiger partial charge in [-0.05, 0) is 52.9 Å². The Balaban J connectivity index is 1.65. The Hall–Kier alpha value is -3.27. The zero-order chi connectivity index (χ0) is 21.3. The van der Waals surface area contributed by atoms with E-state index < -0.39 is 6.09 Å². The molecule has 1 amide bonds. The van der Waals surface area contributed by atoms with Crippen LogP contribution in [0.5, 0.6) is 0 Å². The smallest absolute Gasteiger partial charge is 0.416 e. The van der Waals surface area contributed by atoms with E-state index in [2.05, 4.69) is 56.0 Å². The van der Waals surface area contributed by atoms with Crippen LogP contribution < -0.4 is 9.80 Å². The average molecular weight is 401 g/mol. The van der Waals surface area contributed by atoms with Gasteiger partial charge in [-0.2, -0.15) is 0 Å². The lowest BCUT2D eigenvalue weighted by Gasteiger charge is -2.23. The maximum atomic E-state index is 12.1. The number of nitrogens with zero attached hydrogens (tertiary/aromatic N) is 2. The van der Waals surface area contributed by atoms with Crippen molar-refractivity contribution in [3.63, 3.8) is 0 Å². The Morgan fingerprint density at radius 1 is 1.03 bits per heavy atom. The van der Waals surface area contributed by atoms with Crippen molar-refractivity contribution in [3.05, 3.63) is 89.5 Å². The molecule has 1 unspecified atom stereocenters. The molecule has 1 aliphatic rings. The van der Waals surface area contributed by atoms with E-state index in [1.54, 1.807) is 0 Å². The normalized spacial score (nSPS) is 15.3. The zero-order valence-electron chi connectivity index (χ0n) is 17.7. The third kappa shape index (κ3) is 3.90. The minimum atomic E-state index is -0.973. The van der Waals surface area contributed by atoms with Crippen LogP contribution in [0, 0.1) is 0 Å². The first-order valence-electron chi connectivity index (χ1n) is 10.5. The van der Waals surface area contributed by atoms with Gasteiger partial charge in [0, 0.05) is 24.7 Å². The molecule has 3 aromatic carbocycles. The highest BCUT2D eigenvalue weighted by atomic mass is 16.4. The summed E-state index contributed by atoms with van der Waals surface area (Å²) in [4.78, 5) is 15.9. The largest absolute Gasteiger partial charge is 0.464 e. The van der Waals surface area contributed by atoms with Gasteiger partial charge >= 0.3 is 6.09 Å². The minimum Gasteiger partial charge on any atom is -0.464 e. The standard InChI is InChI=1S/C26H28N2O2/c1-18(2)21-9-11-22(12-10-21)28(26(29)30)23-13-14-25-24(15-23)19(3)16-27(25)17-20-7-5-4-6-8-20/h4-15,18-19H,16-17H2,1-3H3,(H,29,30). The second-order valence-electron chi connectivity index (χ2n) is 8.37. The predicted octanol–water partition coefficient (Wildman–Crippen LogP) is 6.75. The first-order valence-corrected chi connectivity index (χ1v) is 10.5. The van der Waals surface area contributed by atoms with Gasteiger partial charge in [-0.25, -0.2) is 9.69 Å². The second-order valence-corrected chi connectivity index (χ2v) is 8.37. The maximum Gasteiger partial charge on any atom is 0.416 e. The lowest BCUT2D eigenvalue weighted by atomic mass is 10.0. The van der Waals surface area contributed by atoms with Crippen LogP contribution in [0.4, 0.5) is 21.9 Å². The number of carbonyl (C=O) groups is 1. The van der Waals surface area contributed by atoms with Crippen molar-refractivity contribution < 1.29 is 9.90 Å². The van der Waals surface area contributed by atoms with Crippen molar-refractivity contribution in [2.75, 3.05) is 16.3 Å². The molecule has 4 heteroatoms. The van der Waals surface area contributed by atoms with Crippen LogP contribution in [0.2, 0.25) is 0 Å². The highest BCUT2D eigenvalue weighted by molar-refractivity contribution is 5.95. The van der Waals surface area contributed by atoms with E-state index in [0.717, 1.165) is 13.1 Å². The highest BCUT2D eigenvalue weighted by Gasteiger charge is 2.27. The molecule has 0 aliphatic carbocycles. The summed E-state index contributed by atoms with van der Waals surface area (Å²) in [5.74, 6) is 0.761. The summed E-state index contributed by atoms with van der Waals surface area (Å²) in [6.07, 6.45) is -0.973. The SMILES string of the molecule is CC(C)c1ccc(N(C(=O)O)c2ccc3c(c2)C(C)CN3Cc2ccccc2)cc1. The van der Waals surface area contributed by atoms with Gasteiger partial charge in [0.15, 0.2) is 0 Å². The third-order valence-electron chi connectivity index (χ3n) is 5.86. The fraction of sp³-hybridized carbons (Fsp3) is 0.269. The summed E-state index contributed by atoms with van der Waals surface area (Å²) < 4.78 is 0.